The average Bonchev–Trinajstić information content (AvgIpc) is 3.06. The van der Waals surface area contributed by atoms with Gasteiger partial charge >= 0.3 is 6.03 Å². The van der Waals surface area contributed by atoms with Crippen molar-refractivity contribution in [1.82, 2.24) is 15.1 Å². The number of nitrogens with one attached hydrogen (secondary N) is 1. The Morgan fingerprint density at radius 3 is 2.80 bits per heavy atom. The van der Waals surface area contributed by atoms with Crippen LogP contribution in [0.2, 0.25) is 0 Å². The summed E-state index contributed by atoms with van der Waals surface area (Å²) in [5, 5.41) is 12.0. The standard InChI is InChI=1S/C20H28N4O/c21-16-18-6-3-5-17(15-18)8-10-22-20(25)24-13-4-7-19(9-14-24)23-11-1-2-12-23/h3,5-6,15,19H,1-2,4,7-14H2,(H,22,25)/t19-/m1/s1. The first kappa shape index (κ1) is 17.8. The Labute approximate surface area is 150 Å². The van der Waals surface area contributed by atoms with Crippen LogP contribution in [-0.4, -0.2) is 54.6 Å². The second kappa shape index (κ2) is 8.87. The van der Waals surface area contributed by atoms with E-state index < -0.39 is 0 Å². The Morgan fingerprint density at radius 2 is 2.00 bits per heavy atom. The first-order chi connectivity index (χ1) is 12.3. The molecule has 25 heavy (non-hydrogen) atoms. The highest BCUT2D eigenvalue weighted by molar-refractivity contribution is 5.74. The summed E-state index contributed by atoms with van der Waals surface area (Å²) in [5.41, 5.74) is 1.76. The zero-order valence-corrected chi connectivity index (χ0v) is 14.9. The smallest absolute Gasteiger partial charge is 0.317 e. The van der Waals surface area contributed by atoms with Gasteiger partial charge in [-0.15, -0.1) is 0 Å². The Kier molecular flexibility index (Phi) is 6.30. The molecule has 2 aliphatic rings. The summed E-state index contributed by atoms with van der Waals surface area (Å²) in [5.74, 6) is 0. The monoisotopic (exact) mass is 340 g/mol. The lowest BCUT2D eigenvalue weighted by Gasteiger charge is -2.26. The Bertz CT molecular complexity index is 618. The van der Waals surface area contributed by atoms with Gasteiger partial charge in [-0.2, -0.15) is 5.26 Å². The second-order valence-electron chi connectivity index (χ2n) is 7.11. The van der Waals surface area contributed by atoms with E-state index in [0.29, 0.717) is 18.2 Å². The van der Waals surface area contributed by atoms with Crippen molar-refractivity contribution in [3.05, 3.63) is 35.4 Å². The number of carbonyl (C=O) groups is 1. The van der Waals surface area contributed by atoms with E-state index >= 15 is 0 Å². The Morgan fingerprint density at radius 1 is 1.16 bits per heavy atom. The molecule has 2 saturated heterocycles. The predicted octanol–water partition coefficient (Wildman–Crippen LogP) is 2.76. The number of nitrogens with zero attached hydrogens (tertiary/aromatic N) is 3. The zero-order chi connectivity index (χ0) is 17.5. The number of hydrogen-bond acceptors (Lipinski definition) is 3. The van der Waals surface area contributed by atoms with Crippen molar-refractivity contribution in [2.24, 2.45) is 0 Å². The van der Waals surface area contributed by atoms with Crippen LogP contribution in [0.25, 0.3) is 0 Å². The highest BCUT2D eigenvalue weighted by atomic mass is 16.2. The summed E-state index contributed by atoms with van der Waals surface area (Å²) >= 11 is 0. The van der Waals surface area contributed by atoms with Crippen LogP contribution in [0.3, 0.4) is 0 Å². The molecular weight excluding hydrogens is 312 g/mol. The maximum absolute atomic E-state index is 12.4. The van der Waals surface area contributed by atoms with Crippen molar-refractivity contribution < 1.29 is 4.79 Å². The van der Waals surface area contributed by atoms with Gasteiger partial charge in [0.2, 0.25) is 0 Å². The van der Waals surface area contributed by atoms with Crippen LogP contribution in [0.5, 0.6) is 0 Å². The van der Waals surface area contributed by atoms with E-state index in [9.17, 15) is 4.79 Å². The first-order valence-corrected chi connectivity index (χ1v) is 9.52. The summed E-state index contributed by atoms with van der Waals surface area (Å²) < 4.78 is 0. The summed E-state index contributed by atoms with van der Waals surface area (Å²) in [6, 6.07) is 10.4. The summed E-state index contributed by atoms with van der Waals surface area (Å²) in [4.78, 5) is 17.0. The lowest BCUT2D eigenvalue weighted by molar-refractivity contribution is 0.194. The van der Waals surface area contributed by atoms with Gasteiger partial charge in [0.05, 0.1) is 11.6 Å². The van der Waals surface area contributed by atoms with E-state index in [-0.39, 0.29) is 6.03 Å². The van der Waals surface area contributed by atoms with Crippen LogP contribution >= 0.6 is 0 Å². The average molecular weight is 340 g/mol. The van der Waals surface area contributed by atoms with Crippen LogP contribution < -0.4 is 5.32 Å². The van der Waals surface area contributed by atoms with Crippen molar-refractivity contribution in [1.29, 1.82) is 5.26 Å². The van der Waals surface area contributed by atoms with Crippen molar-refractivity contribution in [3.8, 4) is 6.07 Å². The molecule has 0 radical (unpaired) electrons. The molecule has 0 saturated carbocycles. The molecule has 5 nitrogen and oxygen atoms in total. The minimum Gasteiger partial charge on any atom is -0.338 e. The second-order valence-corrected chi connectivity index (χ2v) is 7.11. The van der Waals surface area contributed by atoms with Gasteiger partial charge in [0.15, 0.2) is 0 Å². The molecule has 1 N–H and O–H groups in total. The van der Waals surface area contributed by atoms with Crippen molar-refractivity contribution in [3.63, 3.8) is 0 Å². The molecule has 5 heteroatoms. The highest BCUT2D eigenvalue weighted by Crippen LogP contribution is 2.21. The van der Waals surface area contributed by atoms with E-state index in [0.717, 1.165) is 37.9 Å². The van der Waals surface area contributed by atoms with Gasteiger partial charge in [-0.25, -0.2) is 4.79 Å². The van der Waals surface area contributed by atoms with Crippen LogP contribution in [0.4, 0.5) is 4.79 Å². The predicted molar refractivity (Wildman–Crippen MR) is 98.3 cm³/mol. The fourth-order valence-electron chi connectivity index (χ4n) is 3.98. The van der Waals surface area contributed by atoms with Crippen molar-refractivity contribution >= 4 is 6.03 Å². The van der Waals surface area contributed by atoms with E-state index in [1.165, 1.54) is 32.4 Å². The fourth-order valence-corrected chi connectivity index (χ4v) is 3.98. The molecule has 1 aromatic carbocycles. The molecule has 1 aromatic rings. The lowest BCUT2D eigenvalue weighted by Crippen LogP contribution is -2.42. The fraction of sp³-hybridized carbons (Fsp3) is 0.600. The molecule has 0 unspecified atom stereocenters. The molecule has 0 spiro atoms. The molecule has 2 aliphatic heterocycles. The van der Waals surface area contributed by atoms with Crippen LogP contribution in [0.1, 0.15) is 43.2 Å². The molecule has 134 valence electrons. The maximum Gasteiger partial charge on any atom is 0.317 e. The number of benzene rings is 1. The number of hydrogen-bond donors (Lipinski definition) is 1. The molecular formula is C20H28N4O. The third-order valence-corrected chi connectivity index (χ3v) is 5.39. The SMILES string of the molecule is N#Cc1cccc(CCNC(=O)N2CCC[C@@H](N3CCCC3)CC2)c1. The van der Waals surface area contributed by atoms with Gasteiger partial charge in [-0.05, 0) is 69.3 Å². The minimum absolute atomic E-state index is 0.0542. The van der Waals surface area contributed by atoms with E-state index in [4.69, 9.17) is 5.26 Å². The molecule has 2 amide bonds. The van der Waals surface area contributed by atoms with Gasteiger partial charge in [0.1, 0.15) is 0 Å². The Balaban J connectivity index is 1.42. The Hall–Kier alpha value is -2.06. The quantitative estimate of drug-likeness (QED) is 0.917. The number of likely N-dealkylation sites (tertiary alicyclic amines) is 2. The normalized spacial score (nSPS) is 21.6. The number of amides is 2. The van der Waals surface area contributed by atoms with E-state index in [1.807, 2.05) is 23.1 Å². The van der Waals surface area contributed by atoms with Crippen LogP contribution in [0.15, 0.2) is 24.3 Å². The summed E-state index contributed by atoms with van der Waals surface area (Å²) in [6.07, 6.45) is 6.81. The molecule has 1 atom stereocenters. The number of urea groups is 1. The van der Waals surface area contributed by atoms with Crippen LogP contribution in [0, 0.1) is 11.3 Å². The summed E-state index contributed by atoms with van der Waals surface area (Å²) in [7, 11) is 0. The zero-order valence-electron chi connectivity index (χ0n) is 14.9. The number of nitriles is 1. The van der Waals surface area contributed by atoms with Crippen molar-refractivity contribution in [2.45, 2.75) is 44.6 Å². The molecule has 0 aliphatic carbocycles. The number of carbonyl (C=O) groups excluding carboxylic acids is 1. The molecule has 2 fully saturated rings. The third kappa shape index (κ3) is 4.96. The lowest BCUT2D eigenvalue weighted by atomic mass is 10.1. The maximum atomic E-state index is 12.4. The van der Waals surface area contributed by atoms with E-state index in [1.54, 1.807) is 6.07 Å². The third-order valence-electron chi connectivity index (χ3n) is 5.39. The van der Waals surface area contributed by atoms with E-state index in [2.05, 4.69) is 16.3 Å². The largest absolute Gasteiger partial charge is 0.338 e. The van der Waals surface area contributed by atoms with Gasteiger partial charge < -0.3 is 15.1 Å². The highest BCUT2D eigenvalue weighted by Gasteiger charge is 2.26. The molecule has 2 heterocycles. The summed E-state index contributed by atoms with van der Waals surface area (Å²) in [6.45, 7) is 4.80. The topological polar surface area (TPSA) is 59.4 Å². The van der Waals surface area contributed by atoms with Gasteiger partial charge in [0.25, 0.3) is 0 Å². The first-order valence-electron chi connectivity index (χ1n) is 9.52. The van der Waals surface area contributed by atoms with Gasteiger partial charge in [-0.1, -0.05) is 12.1 Å². The van der Waals surface area contributed by atoms with Crippen molar-refractivity contribution in [2.75, 3.05) is 32.7 Å². The van der Waals surface area contributed by atoms with Gasteiger partial charge in [0, 0.05) is 25.7 Å². The van der Waals surface area contributed by atoms with Gasteiger partial charge in [-0.3, -0.25) is 0 Å². The number of rotatable bonds is 4. The molecule has 0 aromatic heterocycles. The van der Waals surface area contributed by atoms with Crippen LogP contribution in [-0.2, 0) is 6.42 Å². The molecule has 3 rings (SSSR count). The minimum atomic E-state index is 0.0542. The molecule has 0 bridgehead atoms.